The second-order valence-electron chi connectivity index (χ2n) is 4.56. The van der Waals surface area contributed by atoms with Crippen LogP contribution in [-0.2, 0) is 11.3 Å². The zero-order valence-electron chi connectivity index (χ0n) is 11.7. The van der Waals surface area contributed by atoms with Crippen molar-refractivity contribution in [3.8, 4) is 18.1 Å². The summed E-state index contributed by atoms with van der Waals surface area (Å²) in [4.78, 5) is 11.4. The number of ether oxygens (including phenoxy) is 1. The van der Waals surface area contributed by atoms with Crippen molar-refractivity contribution in [2.75, 3.05) is 13.2 Å². The Morgan fingerprint density at radius 2 is 2.25 bits per heavy atom. The molecule has 1 amide bonds. The van der Waals surface area contributed by atoms with E-state index in [2.05, 4.69) is 16.6 Å². The predicted octanol–water partition coefficient (Wildman–Crippen LogP) is 1.45. The molecule has 0 saturated heterocycles. The number of amides is 1. The quantitative estimate of drug-likeness (QED) is 0.742. The Balaban J connectivity index is 2.64. The summed E-state index contributed by atoms with van der Waals surface area (Å²) < 4.78 is 18.6. The van der Waals surface area contributed by atoms with Crippen LogP contribution in [0.3, 0.4) is 0 Å². The summed E-state index contributed by atoms with van der Waals surface area (Å²) in [6, 6.07) is 4.48. The Bertz CT molecular complexity index is 495. The first-order valence-corrected chi connectivity index (χ1v) is 6.37. The van der Waals surface area contributed by atoms with Gasteiger partial charge in [-0.1, -0.05) is 19.8 Å². The van der Waals surface area contributed by atoms with Gasteiger partial charge in [-0.25, -0.2) is 4.39 Å². The van der Waals surface area contributed by atoms with Crippen molar-refractivity contribution in [3.63, 3.8) is 0 Å². The van der Waals surface area contributed by atoms with E-state index in [1.165, 1.54) is 18.2 Å². The molecule has 0 saturated carbocycles. The lowest BCUT2D eigenvalue weighted by Gasteiger charge is -2.13. The van der Waals surface area contributed by atoms with E-state index in [-0.39, 0.29) is 30.9 Å². The number of nitrogens with one attached hydrogen (secondary N) is 2. The van der Waals surface area contributed by atoms with Gasteiger partial charge in [-0.3, -0.25) is 4.79 Å². The summed E-state index contributed by atoms with van der Waals surface area (Å²) >= 11 is 0. The fraction of sp³-hybridized carbons (Fsp3) is 0.400. The van der Waals surface area contributed by atoms with Crippen molar-refractivity contribution in [2.45, 2.75) is 26.4 Å². The molecule has 0 spiro atoms. The predicted molar refractivity (Wildman–Crippen MR) is 75.7 cm³/mol. The van der Waals surface area contributed by atoms with Gasteiger partial charge >= 0.3 is 0 Å². The van der Waals surface area contributed by atoms with Gasteiger partial charge in [0.25, 0.3) is 5.91 Å². The molecule has 108 valence electrons. The minimum atomic E-state index is -0.338. The van der Waals surface area contributed by atoms with E-state index in [9.17, 15) is 9.18 Å². The molecule has 0 atom stereocenters. The van der Waals surface area contributed by atoms with Crippen molar-refractivity contribution in [2.24, 2.45) is 0 Å². The molecule has 0 heterocycles. The number of carbonyl (C=O) groups is 1. The first-order chi connectivity index (χ1) is 9.52. The lowest BCUT2D eigenvalue weighted by molar-refractivity contribution is -0.122. The van der Waals surface area contributed by atoms with Gasteiger partial charge in [0, 0.05) is 18.2 Å². The molecule has 0 bridgehead atoms. The molecule has 20 heavy (non-hydrogen) atoms. The number of rotatable bonds is 7. The minimum Gasteiger partial charge on any atom is -0.483 e. The maximum Gasteiger partial charge on any atom is 0.258 e. The molecular weight excluding hydrogens is 259 g/mol. The topological polar surface area (TPSA) is 50.4 Å². The average Bonchev–Trinajstić information content (AvgIpc) is 2.41. The molecule has 1 aromatic rings. The summed E-state index contributed by atoms with van der Waals surface area (Å²) in [5.41, 5.74) is 0.670. The van der Waals surface area contributed by atoms with E-state index in [0.29, 0.717) is 17.9 Å². The highest BCUT2D eigenvalue weighted by Gasteiger charge is 2.08. The summed E-state index contributed by atoms with van der Waals surface area (Å²) in [7, 11) is 0. The Hall–Kier alpha value is -2.06. The van der Waals surface area contributed by atoms with Crippen LogP contribution in [0.5, 0.6) is 5.75 Å². The van der Waals surface area contributed by atoms with Gasteiger partial charge in [-0.2, -0.15) is 0 Å². The molecule has 0 fully saturated rings. The third-order valence-electron chi connectivity index (χ3n) is 2.47. The van der Waals surface area contributed by atoms with Crippen LogP contribution in [0.15, 0.2) is 18.2 Å². The van der Waals surface area contributed by atoms with Crippen molar-refractivity contribution in [1.29, 1.82) is 0 Å². The Labute approximate surface area is 118 Å². The summed E-state index contributed by atoms with van der Waals surface area (Å²) in [6.45, 7) is 4.46. The molecular formula is C15H19FN2O2. The maximum absolute atomic E-state index is 13.3. The molecule has 1 aromatic carbocycles. The van der Waals surface area contributed by atoms with Crippen LogP contribution in [0, 0.1) is 18.2 Å². The minimum absolute atomic E-state index is 0.151. The SMILES string of the molecule is C#CCNC(=O)COc1ccc(F)cc1CNC(C)C. The van der Waals surface area contributed by atoms with Crippen LogP contribution in [0.2, 0.25) is 0 Å². The van der Waals surface area contributed by atoms with Gasteiger partial charge in [-0.15, -0.1) is 6.42 Å². The zero-order valence-corrected chi connectivity index (χ0v) is 11.7. The molecule has 5 heteroatoms. The molecule has 0 aliphatic rings. The highest BCUT2D eigenvalue weighted by Crippen LogP contribution is 2.19. The molecule has 0 aliphatic heterocycles. The van der Waals surface area contributed by atoms with Crippen LogP contribution in [0.1, 0.15) is 19.4 Å². The van der Waals surface area contributed by atoms with E-state index in [1.807, 2.05) is 13.8 Å². The number of hydrogen-bond acceptors (Lipinski definition) is 3. The standard InChI is InChI=1S/C15H19FN2O2/c1-4-7-17-15(19)10-20-14-6-5-13(16)8-12(14)9-18-11(2)3/h1,5-6,8,11,18H,7,9-10H2,2-3H3,(H,17,19). The highest BCUT2D eigenvalue weighted by molar-refractivity contribution is 5.77. The maximum atomic E-state index is 13.3. The molecule has 0 unspecified atom stereocenters. The Morgan fingerprint density at radius 1 is 1.50 bits per heavy atom. The second kappa shape index (κ2) is 8.18. The number of carbonyl (C=O) groups excluding carboxylic acids is 1. The monoisotopic (exact) mass is 278 g/mol. The smallest absolute Gasteiger partial charge is 0.258 e. The number of benzene rings is 1. The van der Waals surface area contributed by atoms with Gasteiger partial charge in [0.15, 0.2) is 6.61 Å². The summed E-state index contributed by atoms with van der Waals surface area (Å²) in [6.07, 6.45) is 5.04. The Kier molecular flexibility index (Phi) is 6.54. The van der Waals surface area contributed by atoms with E-state index in [1.54, 1.807) is 0 Å². The molecule has 4 nitrogen and oxygen atoms in total. The lowest BCUT2D eigenvalue weighted by atomic mass is 10.2. The van der Waals surface area contributed by atoms with Crippen LogP contribution < -0.4 is 15.4 Å². The number of terminal acetylenes is 1. The zero-order chi connectivity index (χ0) is 15.0. The van der Waals surface area contributed by atoms with Gasteiger partial charge in [0.1, 0.15) is 11.6 Å². The third kappa shape index (κ3) is 5.72. The Morgan fingerprint density at radius 3 is 2.90 bits per heavy atom. The average molecular weight is 278 g/mol. The van der Waals surface area contributed by atoms with Crippen molar-refractivity contribution in [3.05, 3.63) is 29.6 Å². The van der Waals surface area contributed by atoms with Gasteiger partial charge in [0.2, 0.25) is 0 Å². The number of halogens is 1. The molecule has 0 radical (unpaired) electrons. The van der Waals surface area contributed by atoms with Gasteiger partial charge in [0.05, 0.1) is 6.54 Å². The van der Waals surface area contributed by atoms with Gasteiger partial charge < -0.3 is 15.4 Å². The molecule has 0 aliphatic carbocycles. The fourth-order valence-corrected chi connectivity index (χ4v) is 1.49. The van der Waals surface area contributed by atoms with Crippen LogP contribution in [0.25, 0.3) is 0 Å². The van der Waals surface area contributed by atoms with Crippen LogP contribution in [-0.4, -0.2) is 25.1 Å². The molecule has 2 N–H and O–H groups in total. The number of hydrogen-bond donors (Lipinski definition) is 2. The van der Waals surface area contributed by atoms with E-state index in [4.69, 9.17) is 11.2 Å². The summed E-state index contributed by atoms with van der Waals surface area (Å²) in [5.74, 6) is 2.13. The first-order valence-electron chi connectivity index (χ1n) is 6.37. The van der Waals surface area contributed by atoms with Crippen LogP contribution >= 0.6 is 0 Å². The van der Waals surface area contributed by atoms with Crippen molar-refractivity contribution in [1.82, 2.24) is 10.6 Å². The van der Waals surface area contributed by atoms with Gasteiger partial charge in [-0.05, 0) is 18.2 Å². The lowest BCUT2D eigenvalue weighted by Crippen LogP contribution is -2.29. The second-order valence-corrected chi connectivity index (χ2v) is 4.56. The largest absolute Gasteiger partial charge is 0.483 e. The fourth-order valence-electron chi connectivity index (χ4n) is 1.49. The van der Waals surface area contributed by atoms with Crippen molar-refractivity contribution < 1.29 is 13.9 Å². The van der Waals surface area contributed by atoms with Crippen LogP contribution in [0.4, 0.5) is 4.39 Å². The van der Waals surface area contributed by atoms with Crippen molar-refractivity contribution >= 4 is 5.91 Å². The van der Waals surface area contributed by atoms with E-state index in [0.717, 1.165) is 0 Å². The van der Waals surface area contributed by atoms with E-state index < -0.39 is 0 Å². The molecule has 1 rings (SSSR count). The molecule has 0 aromatic heterocycles. The summed E-state index contributed by atoms with van der Waals surface area (Å²) in [5, 5.41) is 5.67. The van der Waals surface area contributed by atoms with E-state index >= 15 is 0 Å². The first kappa shape index (κ1) is 16.0. The normalized spacial score (nSPS) is 10.2. The highest BCUT2D eigenvalue weighted by atomic mass is 19.1. The third-order valence-corrected chi connectivity index (χ3v) is 2.47.